The minimum atomic E-state index is -0.226. The van der Waals surface area contributed by atoms with Gasteiger partial charge in [-0.25, -0.2) is 0 Å². The average Bonchev–Trinajstić information content (AvgIpc) is 3.11. The summed E-state index contributed by atoms with van der Waals surface area (Å²) >= 11 is 0. The molecule has 124 valence electrons. The standard InChI is InChI=1S/C21H17NO3/c1-24-16-9-6-14(7-10-16)13-22-21(23)20-12-18-17-5-3-2-4-15(17)8-11-19(18)25-20/h2-12H,13H2,1H3,(H,22,23). The number of hydrogen-bond donors (Lipinski definition) is 1. The molecule has 0 saturated carbocycles. The molecule has 1 heterocycles. The Kier molecular flexibility index (Phi) is 3.86. The number of furan rings is 1. The molecule has 3 aromatic carbocycles. The lowest BCUT2D eigenvalue weighted by molar-refractivity contribution is 0.0925. The lowest BCUT2D eigenvalue weighted by Gasteiger charge is -2.04. The van der Waals surface area contributed by atoms with Crippen molar-refractivity contribution in [3.8, 4) is 5.75 Å². The number of carbonyl (C=O) groups is 1. The lowest BCUT2D eigenvalue weighted by atomic mass is 10.1. The van der Waals surface area contributed by atoms with Gasteiger partial charge < -0.3 is 14.5 Å². The molecule has 0 aliphatic heterocycles. The number of methoxy groups -OCH3 is 1. The Bertz CT molecular complexity index is 1050. The van der Waals surface area contributed by atoms with E-state index >= 15 is 0 Å². The van der Waals surface area contributed by atoms with Gasteiger partial charge in [0.1, 0.15) is 11.3 Å². The molecule has 1 N–H and O–H groups in total. The van der Waals surface area contributed by atoms with Crippen LogP contribution in [0.15, 0.2) is 71.1 Å². The molecule has 0 fully saturated rings. The second-order valence-corrected chi connectivity index (χ2v) is 5.84. The van der Waals surface area contributed by atoms with Crippen molar-refractivity contribution in [2.75, 3.05) is 7.11 Å². The van der Waals surface area contributed by atoms with E-state index in [0.29, 0.717) is 17.9 Å². The fourth-order valence-electron chi connectivity index (χ4n) is 2.92. The van der Waals surface area contributed by atoms with Gasteiger partial charge >= 0.3 is 0 Å². The second-order valence-electron chi connectivity index (χ2n) is 5.84. The molecular formula is C21H17NO3. The summed E-state index contributed by atoms with van der Waals surface area (Å²) < 4.78 is 10.9. The molecule has 4 rings (SSSR count). The third-order valence-corrected chi connectivity index (χ3v) is 4.26. The van der Waals surface area contributed by atoms with Crippen molar-refractivity contribution >= 4 is 27.6 Å². The Hall–Kier alpha value is -3.27. The molecule has 25 heavy (non-hydrogen) atoms. The summed E-state index contributed by atoms with van der Waals surface area (Å²) in [5, 5.41) is 6.05. The van der Waals surface area contributed by atoms with Crippen molar-refractivity contribution in [2.45, 2.75) is 6.54 Å². The van der Waals surface area contributed by atoms with Crippen LogP contribution in [0.1, 0.15) is 16.1 Å². The molecule has 0 atom stereocenters. The average molecular weight is 331 g/mol. The highest BCUT2D eigenvalue weighted by atomic mass is 16.5. The van der Waals surface area contributed by atoms with Crippen molar-refractivity contribution in [3.63, 3.8) is 0 Å². The molecule has 0 radical (unpaired) electrons. The van der Waals surface area contributed by atoms with Crippen LogP contribution in [0.2, 0.25) is 0 Å². The first-order chi connectivity index (χ1) is 12.2. The number of hydrogen-bond acceptors (Lipinski definition) is 3. The van der Waals surface area contributed by atoms with E-state index < -0.39 is 0 Å². The molecule has 1 aromatic heterocycles. The number of nitrogens with one attached hydrogen (secondary N) is 1. The highest BCUT2D eigenvalue weighted by Gasteiger charge is 2.13. The first-order valence-corrected chi connectivity index (χ1v) is 8.07. The topological polar surface area (TPSA) is 51.5 Å². The zero-order chi connectivity index (χ0) is 17.2. The molecule has 0 spiro atoms. The van der Waals surface area contributed by atoms with Crippen LogP contribution in [0, 0.1) is 0 Å². The van der Waals surface area contributed by atoms with Gasteiger partial charge in [-0.05, 0) is 40.6 Å². The predicted octanol–water partition coefficient (Wildman–Crippen LogP) is 4.52. The van der Waals surface area contributed by atoms with Crippen LogP contribution in [0.3, 0.4) is 0 Å². The summed E-state index contributed by atoms with van der Waals surface area (Å²) in [4.78, 5) is 12.4. The van der Waals surface area contributed by atoms with Gasteiger partial charge in [0.2, 0.25) is 0 Å². The quantitative estimate of drug-likeness (QED) is 0.598. The van der Waals surface area contributed by atoms with Gasteiger partial charge in [0, 0.05) is 11.9 Å². The molecule has 4 heteroatoms. The van der Waals surface area contributed by atoms with Gasteiger partial charge in [0.15, 0.2) is 5.76 Å². The Morgan fingerprint density at radius 1 is 1.00 bits per heavy atom. The van der Waals surface area contributed by atoms with Crippen LogP contribution in [0.25, 0.3) is 21.7 Å². The van der Waals surface area contributed by atoms with Crippen molar-refractivity contribution in [1.29, 1.82) is 0 Å². The Morgan fingerprint density at radius 3 is 2.60 bits per heavy atom. The maximum atomic E-state index is 12.4. The first kappa shape index (κ1) is 15.3. The minimum absolute atomic E-state index is 0.226. The summed E-state index contributed by atoms with van der Waals surface area (Å²) in [6.45, 7) is 0.431. The summed E-state index contributed by atoms with van der Waals surface area (Å²) in [5.41, 5.74) is 1.71. The Labute approximate surface area is 145 Å². The predicted molar refractivity (Wildman–Crippen MR) is 97.9 cm³/mol. The molecule has 1 amide bonds. The van der Waals surface area contributed by atoms with Crippen molar-refractivity contribution in [3.05, 3.63) is 78.1 Å². The zero-order valence-corrected chi connectivity index (χ0v) is 13.8. The third kappa shape index (κ3) is 2.94. The molecule has 0 aliphatic carbocycles. The molecule has 0 bridgehead atoms. The Morgan fingerprint density at radius 2 is 1.80 bits per heavy atom. The van der Waals surface area contributed by atoms with E-state index in [4.69, 9.17) is 9.15 Å². The normalized spacial score (nSPS) is 10.9. The van der Waals surface area contributed by atoms with Crippen molar-refractivity contribution in [1.82, 2.24) is 5.32 Å². The lowest BCUT2D eigenvalue weighted by Crippen LogP contribution is -2.22. The van der Waals surface area contributed by atoms with Crippen molar-refractivity contribution in [2.24, 2.45) is 0 Å². The van der Waals surface area contributed by atoms with E-state index in [1.165, 1.54) is 0 Å². The zero-order valence-electron chi connectivity index (χ0n) is 13.8. The molecule has 0 saturated heterocycles. The first-order valence-electron chi connectivity index (χ1n) is 8.07. The monoisotopic (exact) mass is 331 g/mol. The third-order valence-electron chi connectivity index (χ3n) is 4.26. The van der Waals surface area contributed by atoms with E-state index in [9.17, 15) is 4.79 Å². The van der Waals surface area contributed by atoms with E-state index in [0.717, 1.165) is 27.5 Å². The summed E-state index contributed by atoms with van der Waals surface area (Å²) in [5.74, 6) is 0.884. The van der Waals surface area contributed by atoms with Gasteiger partial charge in [-0.3, -0.25) is 4.79 Å². The number of carbonyl (C=O) groups excluding carboxylic acids is 1. The molecule has 0 aliphatic rings. The van der Waals surface area contributed by atoms with Crippen LogP contribution >= 0.6 is 0 Å². The largest absolute Gasteiger partial charge is 0.497 e. The van der Waals surface area contributed by atoms with Crippen LogP contribution in [0.4, 0.5) is 0 Å². The number of amides is 1. The molecule has 4 nitrogen and oxygen atoms in total. The van der Waals surface area contributed by atoms with E-state index in [1.54, 1.807) is 13.2 Å². The SMILES string of the molecule is COc1ccc(CNC(=O)c2cc3c(ccc4ccccc43)o2)cc1. The summed E-state index contributed by atoms with van der Waals surface area (Å²) in [6, 6.07) is 21.4. The molecule has 0 unspecified atom stereocenters. The minimum Gasteiger partial charge on any atom is -0.497 e. The van der Waals surface area contributed by atoms with Crippen LogP contribution < -0.4 is 10.1 Å². The second kappa shape index (κ2) is 6.32. The summed E-state index contributed by atoms with van der Waals surface area (Å²) in [7, 11) is 1.63. The van der Waals surface area contributed by atoms with Crippen LogP contribution in [-0.4, -0.2) is 13.0 Å². The maximum absolute atomic E-state index is 12.4. The van der Waals surface area contributed by atoms with Crippen molar-refractivity contribution < 1.29 is 13.9 Å². The fraction of sp³-hybridized carbons (Fsp3) is 0.0952. The number of benzene rings is 3. The molecular weight excluding hydrogens is 314 g/mol. The highest BCUT2D eigenvalue weighted by Crippen LogP contribution is 2.28. The maximum Gasteiger partial charge on any atom is 0.287 e. The van der Waals surface area contributed by atoms with E-state index in [-0.39, 0.29) is 5.91 Å². The molecule has 4 aromatic rings. The highest BCUT2D eigenvalue weighted by molar-refractivity contribution is 6.08. The number of rotatable bonds is 4. The van der Waals surface area contributed by atoms with Gasteiger partial charge in [0.25, 0.3) is 5.91 Å². The van der Waals surface area contributed by atoms with Gasteiger partial charge in [0.05, 0.1) is 7.11 Å². The van der Waals surface area contributed by atoms with Crippen LogP contribution in [0.5, 0.6) is 5.75 Å². The van der Waals surface area contributed by atoms with E-state index in [1.807, 2.05) is 60.7 Å². The van der Waals surface area contributed by atoms with Gasteiger partial charge in [-0.15, -0.1) is 0 Å². The number of ether oxygens (including phenoxy) is 1. The van der Waals surface area contributed by atoms with Gasteiger partial charge in [-0.1, -0.05) is 42.5 Å². The smallest absolute Gasteiger partial charge is 0.287 e. The summed E-state index contributed by atoms with van der Waals surface area (Å²) in [6.07, 6.45) is 0. The van der Waals surface area contributed by atoms with E-state index in [2.05, 4.69) is 5.32 Å². The van der Waals surface area contributed by atoms with Gasteiger partial charge in [-0.2, -0.15) is 0 Å². The Balaban J connectivity index is 1.56. The fourth-order valence-corrected chi connectivity index (χ4v) is 2.92. The number of fused-ring (bicyclic) bond motifs is 3. The van der Waals surface area contributed by atoms with Crippen LogP contribution in [-0.2, 0) is 6.54 Å².